The van der Waals surface area contributed by atoms with Crippen molar-refractivity contribution in [2.45, 2.75) is 0 Å². The topological polar surface area (TPSA) is 38.3 Å². The molecule has 4 aromatic carbocycles. The van der Waals surface area contributed by atoms with Gasteiger partial charge in [0, 0.05) is 10.9 Å². The molecule has 4 rings (SSSR count). The molecule has 0 aliphatic heterocycles. The van der Waals surface area contributed by atoms with Crippen molar-refractivity contribution in [2.24, 2.45) is 0 Å². The number of ether oxygens (including phenoxy) is 1. The van der Waals surface area contributed by atoms with Gasteiger partial charge in [-0.25, -0.2) is 0 Å². The van der Waals surface area contributed by atoms with Crippen molar-refractivity contribution < 1.29 is 9.53 Å². The molecule has 3 heteroatoms. The van der Waals surface area contributed by atoms with Crippen LogP contribution in [-0.2, 0) is 0 Å². The molecule has 1 amide bonds. The Kier molecular flexibility index (Phi) is 5.34. The quantitative estimate of drug-likeness (QED) is 0.469. The summed E-state index contributed by atoms with van der Waals surface area (Å²) in [7, 11) is 0. The SMILES string of the molecule is O=C(NCCOc1cccc2ccccc12)c1ccc(-c2ccccc2)cc1. The zero-order valence-corrected chi connectivity index (χ0v) is 15.5. The van der Waals surface area contributed by atoms with Crippen molar-refractivity contribution >= 4 is 16.7 Å². The second kappa shape index (κ2) is 8.40. The Morgan fingerprint density at radius 2 is 1.39 bits per heavy atom. The molecule has 1 N–H and O–H groups in total. The third-order valence-electron chi connectivity index (χ3n) is 4.65. The second-order valence-electron chi connectivity index (χ2n) is 6.53. The fourth-order valence-corrected chi connectivity index (χ4v) is 3.19. The summed E-state index contributed by atoms with van der Waals surface area (Å²) >= 11 is 0. The number of carbonyl (C=O) groups is 1. The highest BCUT2D eigenvalue weighted by Gasteiger charge is 2.06. The van der Waals surface area contributed by atoms with E-state index in [1.54, 1.807) is 0 Å². The van der Waals surface area contributed by atoms with Crippen LogP contribution in [0, 0.1) is 0 Å². The average molecular weight is 367 g/mol. The maximum absolute atomic E-state index is 12.3. The van der Waals surface area contributed by atoms with E-state index in [0.29, 0.717) is 18.7 Å². The lowest BCUT2D eigenvalue weighted by Crippen LogP contribution is -2.28. The number of hydrogen-bond acceptors (Lipinski definition) is 2. The average Bonchev–Trinajstić information content (AvgIpc) is 2.77. The summed E-state index contributed by atoms with van der Waals surface area (Å²) in [6, 6.07) is 31.8. The van der Waals surface area contributed by atoms with Gasteiger partial charge in [-0.05, 0) is 34.7 Å². The van der Waals surface area contributed by atoms with Crippen LogP contribution in [0.4, 0.5) is 0 Å². The van der Waals surface area contributed by atoms with Crippen LogP contribution in [0.15, 0.2) is 97.1 Å². The molecule has 0 saturated heterocycles. The Morgan fingerprint density at radius 3 is 2.21 bits per heavy atom. The van der Waals surface area contributed by atoms with Gasteiger partial charge in [0.25, 0.3) is 5.91 Å². The lowest BCUT2D eigenvalue weighted by molar-refractivity contribution is 0.0947. The molecule has 0 aliphatic rings. The van der Waals surface area contributed by atoms with Gasteiger partial charge in [-0.1, -0.05) is 78.9 Å². The smallest absolute Gasteiger partial charge is 0.251 e. The highest BCUT2D eigenvalue weighted by Crippen LogP contribution is 2.25. The van der Waals surface area contributed by atoms with E-state index in [9.17, 15) is 4.79 Å². The van der Waals surface area contributed by atoms with E-state index < -0.39 is 0 Å². The van der Waals surface area contributed by atoms with Gasteiger partial charge in [0.15, 0.2) is 0 Å². The molecule has 0 saturated carbocycles. The number of carbonyl (C=O) groups excluding carboxylic acids is 1. The first-order valence-corrected chi connectivity index (χ1v) is 9.35. The lowest BCUT2D eigenvalue weighted by atomic mass is 10.0. The summed E-state index contributed by atoms with van der Waals surface area (Å²) in [5.41, 5.74) is 2.87. The zero-order chi connectivity index (χ0) is 19.2. The van der Waals surface area contributed by atoms with Crippen LogP contribution in [0.3, 0.4) is 0 Å². The predicted octanol–water partition coefficient (Wildman–Crippen LogP) is 5.32. The molecule has 28 heavy (non-hydrogen) atoms. The maximum Gasteiger partial charge on any atom is 0.251 e. The van der Waals surface area contributed by atoms with Crippen LogP contribution < -0.4 is 10.1 Å². The second-order valence-corrected chi connectivity index (χ2v) is 6.53. The van der Waals surface area contributed by atoms with Gasteiger partial charge < -0.3 is 10.1 Å². The van der Waals surface area contributed by atoms with Crippen molar-refractivity contribution in [3.05, 3.63) is 103 Å². The number of hydrogen-bond donors (Lipinski definition) is 1. The van der Waals surface area contributed by atoms with Crippen LogP contribution in [0.5, 0.6) is 5.75 Å². The van der Waals surface area contributed by atoms with Crippen molar-refractivity contribution in [1.82, 2.24) is 5.32 Å². The minimum Gasteiger partial charge on any atom is -0.491 e. The first kappa shape index (κ1) is 17.8. The molecule has 0 atom stereocenters. The molecule has 0 unspecified atom stereocenters. The van der Waals surface area contributed by atoms with Crippen molar-refractivity contribution in [3.8, 4) is 16.9 Å². The molecular formula is C25H21NO2. The molecule has 0 fully saturated rings. The summed E-state index contributed by atoms with van der Waals surface area (Å²) in [4.78, 5) is 12.3. The normalized spacial score (nSPS) is 10.6. The van der Waals surface area contributed by atoms with Gasteiger partial charge in [0.2, 0.25) is 0 Å². The van der Waals surface area contributed by atoms with Crippen LogP contribution >= 0.6 is 0 Å². The summed E-state index contributed by atoms with van der Waals surface area (Å²) in [6.07, 6.45) is 0. The Labute approximate surface area is 164 Å². The van der Waals surface area contributed by atoms with E-state index in [4.69, 9.17) is 4.74 Å². The number of nitrogens with one attached hydrogen (secondary N) is 1. The Morgan fingerprint density at radius 1 is 0.714 bits per heavy atom. The van der Waals surface area contributed by atoms with E-state index in [0.717, 1.165) is 27.6 Å². The standard InChI is InChI=1S/C25H21NO2/c27-25(22-15-13-20(14-16-22)19-7-2-1-3-8-19)26-17-18-28-24-12-6-10-21-9-4-5-11-23(21)24/h1-16H,17-18H2,(H,26,27). The first-order chi connectivity index (χ1) is 13.8. The molecule has 0 aromatic heterocycles. The molecule has 0 bridgehead atoms. The zero-order valence-electron chi connectivity index (χ0n) is 15.5. The molecule has 3 nitrogen and oxygen atoms in total. The molecule has 138 valence electrons. The molecule has 4 aromatic rings. The fraction of sp³-hybridized carbons (Fsp3) is 0.0800. The number of rotatable bonds is 6. The van der Waals surface area contributed by atoms with Gasteiger partial charge in [0.05, 0.1) is 6.54 Å². The molecule has 0 heterocycles. The highest BCUT2D eigenvalue weighted by atomic mass is 16.5. The number of benzene rings is 4. The third-order valence-corrected chi connectivity index (χ3v) is 4.65. The van der Waals surface area contributed by atoms with Crippen LogP contribution in [0.2, 0.25) is 0 Å². The summed E-state index contributed by atoms with van der Waals surface area (Å²) < 4.78 is 5.87. The molecule has 0 aliphatic carbocycles. The van der Waals surface area contributed by atoms with Crippen LogP contribution in [-0.4, -0.2) is 19.1 Å². The molecule has 0 spiro atoms. The summed E-state index contributed by atoms with van der Waals surface area (Å²) in [6.45, 7) is 0.865. The largest absolute Gasteiger partial charge is 0.491 e. The monoisotopic (exact) mass is 367 g/mol. The van der Waals surface area contributed by atoms with E-state index in [1.165, 1.54) is 0 Å². The Hall–Kier alpha value is -3.59. The van der Waals surface area contributed by atoms with E-state index >= 15 is 0 Å². The third kappa shape index (κ3) is 4.04. The van der Waals surface area contributed by atoms with E-state index in [-0.39, 0.29) is 5.91 Å². The number of amides is 1. The van der Waals surface area contributed by atoms with Crippen molar-refractivity contribution in [3.63, 3.8) is 0 Å². The van der Waals surface area contributed by atoms with Gasteiger partial charge >= 0.3 is 0 Å². The minimum atomic E-state index is -0.0962. The molecular weight excluding hydrogens is 346 g/mol. The van der Waals surface area contributed by atoms with Gasteiger partial charge in [-0.15, -0.1) is 0 Å². The summed E-state index contributed by atoms with van der Waals surface area (Å²) in [5, 5.41) is 5.13. The van der Waals surface area contributed by atoms with Crippen molar-refractivity contribution in [2.75, 3.05) is 13.2 Å². The first-order valence-electron chi connectivity index (χ1n) is 9.35. The maximum atomic E-state index is 12.3. The van der Waals surface area contributed by atoms with Crippen LogP contribution in [0.25, 0.3) is 21.9 Å². The predicted molar refractivity (Wildman–Crippen MR) is 114 cm³/mol. The molecule has 0 radical (unpaired) electrons. The Balaban J connectivity index is 1.32. The van der Waals surface area contributed by atoms with Gasteiger partial charge in [-0.3, -0.25) is 4.79 Å². The van der Waals surface area contributed by atoms with Crippen molar-refractivity contribution in [1.29, 1.82) is 0 Å². The summed E-state index contributed by atoms with van der Waals surface area (Å²) in [5.74, 6) is 0.737. The fourth-order valence-electron chi connectivity index (χ4n) is 3.19. The van der Waals surface area contributed by atoms with Gasteiger partial charge in [0.1, 0.15) is 12.4 Å². The van der Waals surface area contributed by atoms with Crippen LogP contribution in [0.1, 0.15) is 10.4 Å². The van der Waals surface area contributed by atoms with E-state index in [1.807, 2.05) is 72.8 Å². The highest BCUT2D eigenvalue weighted by molar-refractivity contribution is 5.94. The Bertz CT molecular complexity index is 1070. The lowest BCUT2D eigenvalue weighted by Gasteiger charge is -2.10. The van der Waals surface area contributed by atoms with E-state index in [2.05, 4.69) is 29.6 Å². The minimum absolute atomic E-state index is 0.0962. The van der Waals surface area contributed by atoms with Gasteiger partial charge in [-0.2, -0.15) is 0 Å². The number of fused-ring (bicyclic) bond motifs is 1.